The zero-order valence-corrected chi connectivity index (χ0v) is 24.3. The highest BCUT2D eigenvalue weighted by molar-refractivity contribution is 5.73. The quantitative estimate of drug-likeness (QED) is 0.0804. The molecule has 208 valence electrons. The second-order valence-corrected chi connectivity index (χ2v) is 11.5. The molecule has 0 amide bonds. The van der Waals surface area contributed by atoms with Crippen molar-refractivity contribution in [2.45, 2.75) is 122 Å². The zero-order valence-electron chi connectivity index (χ0n) is 24.3. The van der Waals surface area contributed by atoms with E-state index in [2.05, 4.69) is 28.1 Å². The molecule has 1 aromatic rings. The van der Waals surface area contributed by atoms with Crippen LogP contribution in [-0.2, 0) is 16.0 Å². The molecular formula is C32H58NO3+. The molecule has 1 rings (SSSR count). The molecule has 1 aromatic carbocycles. The normalized spacial score (nSPS) is 11.6. The first-order valence-electron chi connectivity index (χ1n) is 15.1. The number of quaternary nitrogens is 1. The summed E-state index contributed by atoms with van der Waals surface area (Å²) in [5, 5.41) is 0. The van der Waals surface area contributed by atoms with E-state index < -0.39 is 0 Å². The highest BCUT2D eigenvalue weighted by Crippen LogP contribution is 2.20. The summed E-state index contributed by atoms with van der Waals surface area (Å²) in [7, 11) is 6.44. The molecule has 0 atom stereocenters. The topological polar surface area (TPSA) is 35.5 Å². The van der Waals surface area contributed by atoms with E-state index in [0.29, 0.717) is 13.2 Å². The molecule has 36 heavy (non-hydrogen) atoms. The van der Waals surface area contributed by atoms with Crippen LogP contribution < -0.4 is 4.74 Å². The van der Waals surface area contributed by atoms with E-state index in [1.54, 1.807) is 0 Å². The highest BCUT2D eigenvalue weighted by Gasteiger charge is 2.11. The van der Waals surface area contributed by atoms with Crippen LogP contribution in [0.4, 0.5) is 0 Å². The summed E-state index contributed by atoms with van der Waals surface area (Å²) in [4.78, 5) is 12.2. The Morgan fingerprint density at radius 1 is 0.667 bits per heavy atom. The number of hydrogen-bond acceptors (Lipinski definition) is 3. The van der Waals surface area contributed by atoms with Gasteiger partial charge in [-0.15, -0.1) is 0 Å². The number of nitrogens with zero attached hydrogens (tertiary/aromatic N) is 1. The van der Waals surface area contributed by atoms with Crippen LogP contribution in [0.15, 0.2) is 24.3 Å². The lowest BCUT2D eigenvalue weighted by Crippen LogP contribution is -2.35. The summed E-state index contributed by atoms with van der Waals surface area (Å²) in [5.41, 5.74) is 0.922. The molecular weight excluding hydrogens is 446 g/mol. The molecule has 0 unspecified atom stereocenters. The smallest absolute Gasteiger partial charge is 0.310 e. The summed E-state index contributed by atoms with van der Waals surface area (Å²) in [6.45, 7) is 4.48. The summed E-state index contributed by atoms with van der Waals surface area (Å²) in [6.07, 6.45) is 23.1. The van der Waals surface area contributed by atoms with Crippen LogP contribution in [0.25, 0.3) is 0 Å². The van der Waals surface area contributed by atoms with E-state index in [0.717, 1.165) is 35.2 Å². The van der Waals surface area contributed by atoms with Crippen molar-refractivity contribution in [1.29, 1.82) is 0 Å². The van der Waals surface area contributed by atoms with Gasteiger partial charge in [0, 0.05) is 12.0 Å². The molecule has 4 heteroatoms. The summed E-state index contributed by atoms with van der Waals surface area (Å²) < 4.78 is 12.3. The number of rotatable bonds is 24. The van der Waals surface area contributed by atoms with Crippen molar-refractivity contribution in [2.24, 2.45) is 0 Å². The largest absolute Gasteiger partial charge is 0.493 e. The van der Waals surface area contributed by atoms with Crippen LogP contribution in [0.2, 0.25) is 0 Å². The van der Waals surface area contributed by atoms with Gasteiger partial charge in [0.05, 0.1) is 47.3 Å². The molecule has 0 heterocycles. The van der Waals surface area contributed by atoms with Gasteiger partial charge in [0.25, 0.3) is 0 Å². The van der Waals surface area contributed by atoms with Gasteiger partial charge in [-0.2, -0.15) is 0 Å². The van der Waals surface area contributed by atoms with Gasteiger partial charge in [0.15, 0.2) is 0 Å². The first kappa shape index (κ1) is 32.5. The van der Waals surface area contributed by atoms with Crippen molar-refractivity contribution >= 4 is 5.97 Å². The standard InChI is InChI=1S/C32H58NO3/c1-5-6-7-8-9-10-11-12-13-14-15-16-17-18-19-22-27-35-31-25-21-20-24-30(31)29-32(34)36-28-23-26-33(2,3)4/h20-21,24-25H,5-19,22-23,26-29H2,1-4H3/q+1. The molecule has 0 radical (unpaired) electrons. The first-order chi connectivity index (χ1) is 17.4. The van der Waals surface area contributed by atoms with Crippen LogP contribution >= 0.6 is 0 Å². The monoisotopic (exact) mass is 504 g/mol. The number of ether oxygens (including phenoxy) is 2. The van der Waals surface area contributed by atoms with Gasteiger partial charge >= 0.3 is 5.97 Å². The summed E-state index contributed by atoms with van der Waals surface area (Å²) in [6, 6.07) is 7.86. The third-order valence-corrected chi connectivity index (χ3v) is 6.80. The van der Waals surface area contributed by atoms with Gasteiger partial charge < -0.3 is 14.0 Å². The minimum Gasteiger partial charge on any atom is -0.493 e. The summed E-state index contributed by atoms with van der Waals surface area (Å²) >= 11 is 0. The number of hydrogen-bond donors (Lipinski definition) is 0. The van der Waals surface area contributed by atoms with E-state index in [4.69, 9.17) is 9.47 Å². The zero-order chi connectivity index (χ0) is 26.3. The molecule has 0 aliphatic heterocycles. The predicted molar refractivity (Wildman–Crippen MR) is 154 cm³/mol. The molecule has 0 bridgehead atoms. The Bertz CT molecular complexity index is 653. The number of esters is 1. The lowest BCUT2D eigenvalue weighted by atomic mass is 10.0. The van der Waals surface area contributed by atoms with E-state index in [1.165, 1.54) is 96.3 Å². The fourth-order valence-corrected chi connectivity index (χ4v) is 4.55. The molecule has 0 aliphatic rings. The number of unbranched alkanes of at least 4 members (excludes halogenated alkanes) is 15. The van der Waals surface area contributed by atoms with Crippen molar-refractivity contribution in [1.82, 2.24) is 0 Å². The van der Waals surface area contributed by atoms with Crippen LogP contribution in [0.5, 0.6) is 5.75 Å². The van der Waals surface area contributed by atoms with Gasteiger partial charge in [-0.1, -0.05) is 121 Å². The number of para-hydroxylation sites is 1. The van der Waals surface area contributed by atoms with Crippen molar-refractivity contribution in [2.75, 3.05) is 40.9 Å². The van der Waals surface area contributed by atoms with E-state index in [-0.39, 0.29) is 12.4 Å². The van der Waals surface area contributed by atoms with Crippen LogP contribution in [-0.4, -0.2) is 51.4 Å². The molecule has 0 fully saturated rings. The van der Waals surface area contributed by atoms with Gasteiger partial charge in [0.1, 0.15) is 5.75 Å². The Morgan fingerprint density at radius 3 is 1.69 bits per heavy atom. The predicted octanol–water partition coefficient (Wildman–Crippen LogP) is 8.51. The second kappa shape index (κ2) is 21.5. The fraction of sp³-hybridized carbons (Fsp3) is 0.781. The summed E-state index contributed by atoms with van der Waals surface area (Å²) in [5.74, 6) is 0.650. The minimum absolute atomic E-state index is 0.171. The van der Waals surface area contributed by atoms with E-state index in [1.807, 2.05) is 24.3 Å². The Balaban J connectivity index is 2.00. The Kier molecular flexibility index (Phi) is 19.4. The maximum Gasteiger partial charge on any atom is 0.310 e. The first-order valence-corrected chi connectivity index (χ1v) is 15.1. The molecule has 0 aliphatic carbocycles. The van der Waals surface area contributed by atoms with E-state index >= 15 is 0 Å². The molecule has 0 saturated heterocycles. The minimum atomic E-state index is -0.171. The second-order valence-electron chi connectivity index (χ2n) is 11.5. The number of carbonyl (C=O) groups is 1. The van der Waals surface area contributed by atoms with E-state index in [9.17, 15) is 4.79 Å². The van der Waals surface area contributed by atoms with Gasteiger partial charge in [-0.25, -0.2) is 0 Å². The van der Waals surface area contributed by atoms with Crippen LogP contribution in [0.3, 0.4) is 0 Å². The lowest BCUT2D eigenvalue weighted by Gasteiger charge is -2.23. The SMILES string of the molecule is CCCCCCCCCCCCCCCCCCOc1ccccc1CC(=O)OCCC[N+](C)(C)C. The molecule has 4 nitrogen and oxygen atoms in total. The highest BCUT2D eigenvalue weighted by atomic mass is 16.5. The molecule has 0 aromatic heterocycles. The van der Waals surface area contributed by atoms with Crippen molar-refractivity contribution in [3.63, 3.8) is 0 Å². The average Bonchev–Trinajstić information content (AvgIpc) is 2.84. The average molecular weight is 505 g/mol. The molecule has 0 spiro atoms. The number of benzene rings is 1. The fourth-order valence-electron chi connectivity index (χ4n) is 4.55. The van der Waals surface area contributed by atoms with Crippen molar-refractivity contribution in [3.8, 4) is 5.75 Å². The van der Waals surface area contributed by atoms with Crippen LogP contribution in [0.1, 0.15) is 122 Å². The maximum absolute atomic E-state index is 12.2. The Morgan fingerprint density at radius 2 is 1.17 bits per heavy atom. The maximum atomic E-state index is 12.2. The third-order valence-electron chi connectivity index (χ3n) is 6.80. The molecule has 0 saturated carbocycles. The van der Waals surface area contributed by atoms with Gasteiger partial charge in [-0.05, 0) is 12.5 Å². The van der Waals surface area contributed by atoms with Crippen LogP contribution in [0, 0.1) is 0 Å². The van der Waals surface area contributed by atoms with Gasteiger partial charge in [0.2, 0.25) is 0 Å². The number of carbonyl (C=O) groups excluding carboxylic acids is 1. The Labute approximate surface area is 223 Å². The molecule has 0 N–H and O–H groups in total. The van der Waals surface area contributed by atoms with Crippen molar-refractivity contribution < 1.29 is 18.8 Å². The lowest BCUT2D eigenvalue weighted by molar-refractivity contribution is -0.870. The Hall–Kier alpha value is -1.55. The van der Waals surface area contributed by atoms with Gasteiger partial charge in [-0.3, -0.25) is 4.79 Å². The third kappa shape index (κ3) is 19.6. The van der Waals surface area contributed by atoms with Crippen molar-refractivity contribution in [3.05, 3.63) is 29.8 Å².